The molecule has 126 valence electrons. The number of carbonyl (C=O) groups excluding carboxylic acids is 1. The number of nitrogens with zero attached hydrogens (tertiary/aromatic N) is 2. The summed E-state index contributed by atoms with van der Waals surface area (Å²) in [5.41, 5.74) is 2.76. The summed E-state index contributed by atoms with van der Waals surface area (Å²) in [7, 11) is 0. The van der Waals surface area contributed by atoms with Gasteiger partial charge in [-0.2, -0.15) is 0 Å². The molecule has 0 aliphatic heterocycles. The van der Waals surface area contributed by atoms with Gasteiger partial charge in [0, 0.05) is 23.7 Å². The summed E-state index contributed by atoms with van der Waals surface area (Å²) in [6, 6.07) is 5.55. The third-order valence-corrected chi connectivity index (χ3v) is 4.28. The molecule has 1 aliphatic carbocycles. The van der Waals surface area contributed by atoms with Crippen LogP contribution >= 0.6 is 0 Å². The first-order valence-corrected chi connectivity index (χ1v) is 7.93. The number of pyridine rings is 1. The van der Waals surface area contributed by atoms with Crippen molar-refractivity contribution in [2.75, 3.05) is 0 Å². The van der Waals surface area contributed by atoms with E-state index < -0.39 is 0 Å². The van der Waals surface area contributed by atoms with Crippen molar-refractivity contribution < 1.29 is 14.4 Å². The van der Waals surface area contributed by atoms with Gasteiger partial charge >= 0.3 is 0 Å². The maximum atomic E-state index is 12.5. The van der Waals surface area contributed by atoms with Crippen LogP contribution < -0.4 is 5.32 Å². The largest absolute Gasteiger partial charge is 0.455 e. The van der Waals surface area contributed by atoms with Crippen LogP contribution in [0.3, 0.4) is 0 Å². The smallest absolute Gasteiger partial charge is 0.287 e. The van der Waals surface area contributed by atoms with Crippen LogP contribution in [0.15, 0.2) is 34.0 Å². The highest BCUT2D eigenvalue weighted by atomic mass is 16.4. The summed E-state index contributed by atoms with van der Waals surface area (Å²) in [6.07, 6.45) is 3.03. The van der Waals surface area contributed by atoms with E-state index in [4.69, 9.17) is 4.42 Å². The number of rotatable bonds is 3. The van der Waals surface area contributed by atoms with Gasteiger partial charge in [-0.15, -0.1) is 0 Å². The molecule has 0 spiro atoms. The van der Waals surface area contributed by atoms with Crippen molar-refractivity contribution in [3.8, 4) is 0 Å². The number of hydrogen-bond donors (Lipinski definition) is 2. The van der Waals surface area contributed by atoms with Gasteiger partial charge in [-0.05, 0) is 30.9 Å². The summed E-state index contributed by atoms with van der Waals surface area (Å²) in [4.78, 5) is 16.7. The Kier molecular flexibility index (Phi) is 4.13. The van der Waals surface area contributed by atoms with E-state index in [1.54, 1.807) is 6.20 Å². The lowest BCUT2D eigenvalue weighted by Crippen LogP contribution is -2.27. The minimum Gasteiger partial charge on any atom is -0.455 e. The summed E-state index contributed by atoms with van der Waals surface area (Å²) < 4.78 is 5.83. The SMILES string of the molecule is Cc1c(C(=O)NCc2ccccn2)oc2c1/C(=N/O)CC(C)(C)C2. The Labute approximate surface area is 140 Å². The van der Waals surface area contributed by atoms with E-state index in [1.807, 2.05) is 25.1 Å². The molecule has 2 aromatic rings. The molecule has 1 aliphatic rings. The molecule has 3 rings (SSSR count). The molecule has 1 amide bonds. The van der Waals surface area contributed by atoms with Gasteiger partial charge in [0.15, 0.2) is 5.76 Å². The van der Waals surface area contributed by atoms with Gasteiger partial charge in [0.1, 0.15) is 5.76 Å². The Morgan fingerprint density at radius 3 is 2.88 bits per heavy atom. The highest BCUT2D eigenvalue weighted by Crippen LogP contribution is 2.38. The molecule has 0 bridgehead atoms. The number of fused-ring (bicyclic) bond motifs is 1. The molecule has 2 N–H and O–H groups in total. The fourth-order valence-corrected chi connectivity index (χ4v) is 3.17. The molecule has 0 saturated heterocycles. The minimum atomic E-state index is -0.289. The molecule has 24 heavy (non-hydrogen) atoms. The maximum Gasteiger partial charge on any atom is 0.287 e. The minimum absolute atomic E-state index is 0.0689. The topological polar surface area (TPSA) is 87.7 Å². The van der Waals surface area contributed by atoms with Gasteiger partial charge in [-0.3, -0.25) is 9.78 Å². The van der Waals surface area contributed by atoms with Crippen molar-refractivity contribution in [2.45, 2.75) is 40.2 Å². The monoisotopic (exact) mass is 327 g/mol. The molecule has 0 saturated carbocycles. The first kappa shape index (κ1) is 16.2. The normalized spacial score (nSPS) is 17.5. The zero-order chi connectivity index (χ0) is 17.3. The van der Waals surface area contributed by atoms with Gasteiger partial charge in [-0.25, -0.2) is 0 Å². The molecule has 2 heterocycles. The van der Waals surface area contributed by atoms with E-state index in [0.29, 0.717) is 36.4 Å². The van der Waals surface area contributed by atoms with Crippen molar-refractivity contribution in [3.63, 3.8) is 0 Å². The van der Waals surface area contributed by atoms with Crippen molar-refractivity contribution in [2.24, 2.45) is 10.6 Å². The van der Waals surface area contributed by atoms with Crippen LogP contribution in [0.5, 0.6) is 0 Å². The van der Waals surface area contributed by atoms with Crippen LogP contribution in [-0.4, -0.2) is 21.8 Å². The molecule has 0 aromatic carbocycles. The van der Waals surface area contributed by atoms with E-state index >= 15 is 0 Å². The third kappa shape index (κ3) is 3.04. The average molecular weight is 327 g/mol. The number of aromatic nitrogens is 1. The van der Waals surface area contributed by atoms with Gasteiger partial charge < -0.3 is 14.9 Å². The molecule has 2 aromatic heterocycles. The maximum absolute atomic E-state index is 12.5. The number of amides is 1. The number of oxime groups is 1. The third-order valence-electron chi connectivity index (χ3n) is 4.28. The van der Waals surface area contributed by atoms with Crippen LogP contribution in [0.1, 0.15) is 53.4 Å². The molecule has 0 atom stereocenters. The molecule has 6 nitrogen and oxygen atoms in total. The Hall–Kier alpha value is -2.63. The van der Waals surface area contributed by atoms with Crippen LogP contribution in [0.2, 0.25) is 0 Å². The first-order valence-electron chi connectivity index (χ1n) is 7.93. The molecule has 0 unspecified atom stereocenters. The second-order valence-corrected chi connectivity index (χ2v) is 6.92. The van der Waals surface area contributed by atoms with Crippen molar-refractivity contribution in [1.29, 1.82) is 0 Å². The Balaban J connectivity index is 1.85. The van der Waals surface area contributed by atoms with Gasteiger partial charge in [-0.1, -0.05) is 25.1 Å². The highest BCUT2D eigenvalue weighted by Gasteiger charge is 2.36. The van der Waals surface area contributed by atoms with Crippen LogP contribution in [0.25, 0.3) is 0 Å². The van der Waals surface area contributed by atoms with Crippen molar-refractivity contribution in [1.82, 2.24) is 10.3 Å². The molecule has 0 fully saturated rings. The van der Waals surface area contributed by atoms with E-state index in [9.17, 15) is 10.0 Å². The summed E-state index contributed by atoms with van der Waals surface area (Å²) in [6.45, 7) is 6.32. The number of nitrogens with one attached hydrogen (secondary N) is 1. The van der Waals surface area contributed by atoms with Gasteiger partial charge in [0.25, 0.3) is 5.91 Å². The zero-order valence-electron chi connectivity index (χ0n) is 14.1. The molecular weight excluding hydrogens is 306 g/mol. The summed E-state index contributed by atoms with van der Waals surface area (Å²) in [5, 5.41) is 15.6. The number of hydrogen-bond acceptors (Lipinski definition) is 5. The highest BCUT2D eigenvalue weighted by molar-refractivity contribution is 6.06. The average Bonchev–Trinajstić information content (AvgIpc) is 2.88. The predicted molar refractivity (Wildman–Crippen MR) is 89.3 cm³/mol. The Morgan fingerprint density at radius 1 is 1.42 bits per heavy atom. The lowest BCUT2D eigenvalue weighted by Gasteiger charge is -2.28. The van der Waals surface area contributed by atoms with Gasteiger partial charge in [0.2, 0.25) is 0 Å². The number of furan rings is 1. The van der Waals surface area contributed by atoms with Crippen LogP contribution in [0.4, 0.5) is 0 Å². The van der Waals surface area contributed by atoms with Gasteiger partial charge in [0.05, 0.1) is 18.0 Å². The molecule has 6 heteroatoms. The van der Waals surface area contributed by atoms with E-state index in [-0.39, 0.29) is 17.1 Å². The van der Waals surface area contributed by atoms with E-state index in [0.717, 1.165) is 11.3 Å². The lowest BCUT2D eigenvalue weighted by atomic mass is 9.75. The van der Waals surface area contributed by atoms with Crippen LogP contribution in [-0.2, 0) is 13.0 Å². The van der Waals surface area contributed by atoms with Crippen molar-refractivity contribution >= 4 is 11.6 Å². The zero-order valence-corrected chi connectivity index (χ0v) is 14.1. The second kappa shape index (κ2) is 6.11. The van der Waals surface area contributed by atoms with E-state index in [2.05, 4.69) is 29.3 Å². The predicted octanol–water partition coefficient (Wildman–Crippen LogP) is 3.06. The first-order chi connectivity index (χ1) is 11.4. The van der Waals surface area contributed by atoms with Crippen LogP contribution in [0, 0.1) is 12.3 Å². The fraction of sp³-hybridized carbons (Fsp3) is 0.389. The fourth-order valence-electron chi connectivity index (χ4n) is 3.17. The molecule has 0 radical (unpaired) electrons. The lowest BCUT2D eigenvalue weighted by molar-refractivity contribution is 0.0918. The Morgan fingerprint density at radius 2 is 2.21 bits per heavy atom. The quantitative estimate of drug-likeness (QED) is 0.670. The second-order valence-electron chi connectivity index (χ2n) is 6.92. The molecular formula is C18H21N3O3. The summed E-state index contributed by atoms with van der Waals surface area (Å²) >= 11 is 0. The number of carbonyl (C=O) groups is 1. The summed E-state index contributed by atoms with van der Waals surface area (Å²) in [5.74, 6) is 0.692. The van der Waals surface area contributed by atoms with E-state index in [1.165, 1.54) is 0 Å². The Bertz CT molecular complexity index is 791. The van der Waals surface area contributed by atoms with Crippen molar-refractivity contribution in [3.05, 3.63) is 52.7 Å². The standard InChI is InChI=1S/C18H21N3O3/c1-11-15-13(21-23)8-18(2,3)9-14(15)24-16(11)17(22)20-10-12-6-4-5-7-19-12/h4-7,23H,8-10H2,1-3H3,(H,20,22)/b21-13+.